The summed E-state index contributed by atoms with van der Waals surface area (Å²) >= 11 is 0. The molecule has 0 saturated carbocycles. The minimum absolute atomic E-state index is 0.0522. The van der Waals surface area contributed by atoms with E-state index in [4.69, 9.17) is 9.72 Å². The number of likely N-dealkylation sites (tertiary alicyclic amines) is 1. The standard InChI is InChI=1S/C22H26N6O3/c1-27-12-15(2-5-19(27)29)22(30)28-9-6-14(13-28)18-4-3-17-20(25-26-21(17)24-18)23-16-7-10-31-11-8-16/h2-5,12,14,16H,6-11,13H2,1H3,(H2,23,24,25,26)/t14-/m0/s1. The number of H-pyrrole nitrogens is 1. The number of ether oxygens (including phenoxy) is 1. The fourth-order valence-electron chi connectivity index (χ4n) is 4.38. The number of aromatic nitrogens is 4. The number of rotatable bonds is 4. The van der Waals surface area contributed by atoms with Crippen molar-refractivity contribution in [3.63, 3.8) is 0 Å². The Morgan fingerprint density at radius 2 is 2.03 bits per heavy atom. The Balaban J connectivity index is 1.29. The lowest BCUT2D eigenvalue weighted by Gasteiger charge is -2.23. The number of hydrogen-bond donors (Lipinski definition) is 2. The maximum absolute atomic E-state index is 12.8. The molecule has 0 aliphatic carbocycles. The van der Waals surface area contributed by atoms with E-state index < -0.39 is 0 Å². The maximum atomic E-state index is 12.8. The summed E-state index contributed by atoms with van der Waals surface area (Å²) in [6, 6.07) is 7.49. The Hall–Kier alpha value is -3.20. The molecule has 2 aliphatic heterocycles. The first-order valence-electron chi connectivity index (χ1n) is 10.7. The Bertz CT molecular complexity index is 1160. The average Bonchev–Trinajstić information content (AvgIpc) is 3.43. The quantitative estimate of drug-likeness (QED) is 0.665. The third kappa shape index (κ3) is 3.93. The van der Waals surface area contributed by atoms with E-state index in [1.165, 1.54) is 10.6 Å². The van der Waals surface area contributed by atoms with Crippen molar-refractivity contribution < 1.29 is 9.53 Å². The number of carbonyl (C=O) groups is 1. The van der Waals surface area contributed by atoms with Crippen LogP contribution in [0.1, 0.15) is 41.2 Å². The smallest absolute Gasteiger partial charge is 0.255 e. The highest BCUT2D eigenvalue weighted by Crippen LogP contribution is 2.29. The molecular weight excluding hydrogens is 396 g/mol. The third-order valence-electron chi connectivity index (χ3n) is 6.23. The number of pyridine rings is 2. The number of nitrogens with zero attached hydrogens (tertiary/aromatic N) is 4. The third-order valence-corrected chi connectivity index (χ3v) is 6.23. The molecule has 2 fully saturated rings. The molecular formula is C22H26N6O3. The monoisotopic (exact) mass is 422 g/mol. The van der Waals surface area contributed by atoms with Crippen LogP contribution in [0, 0.1) is 0 Å². The van der Waals surface area contributed by atoms with E-state index in [2.05, 4.69) is 21.6 Å². The van der Waals surface area contributed by atoms with Gasteiger partial charge in [0, 0.05) is 63.3 Å². The molecule has 5 rings (SSSR count). The zero-order valence-corrected chi connectivity index (χ0v) is 17.5. The molecule has 2 N–H and O–H groups in total. The van der Waals surface area contributed by atoms with Crippen LogP contribution in [0.4, 0.5) is 5.82 Å². The number of anilines is 1. The lowest BCUT2D eigenvalue weighted by atomic mass is 10.0. The van der Waals surface area contributed by atoms with Gasteiger partial charge < -0.3 is 19.5 Å². The number of hydrogen-bond acceptors (Lipinski definition) is 6. The van der Waals surface area contributed by atoms with Crippen molar-refractivity contribution in [1.82, 2.24) is 24.6 Å². The van der Waals surface area contributed by atoms with Gasteiger partial charge in [-0.2, -0.15) is 5.10 Å². The summed E-state index contributed by atoms with van der Waals surface area (Å²) in [6.07, 6.45) is 4.40. The highest BCUT2D eigenvalue weighted by atomic mass is 16.5. The molecule has 162 valence electrons. The first kappa shape index (κ1) is 19.7. The van der Waals surface area contributed by atoms with Gasteiger partial charge in [-0.1, -0.05) is 0 Å². The number of amides is 1. The van der Waals surface area contributed by atoms with Crippen LogP contribution >= 0.6 is 0 Å². The second-order valence-electron chi connectivity index (χ2n) is 8.34. The van der Waals surface area contributed by atoms with Crippen molar-refractivity contribution in [3.05, 3.63) is 52.1 Å². The van der Waals surface area contributed by atoms with Gasteiger partial charge in [0.25, 0.3) is 5.91 Å². The van der Waals surface area contributed by atoms with Crippen LogP contribution in [0.15, 0.2) is 35.3 Å². The fraction of sp³-hybridized carbons (Fsp3) is 0.455. The van der Waals surface area contributed by atoms with Gasteiger partial charge in [0.05, 0.1) is 10.9 Å². The normalized spacial score (nSPS) is 19.8. The molecule has 0 bridgehead atoms. The zero-order chi connectivity index (χ0) is 21.4. The van der Waals surface area contributed by atoms with E-state index in [9.17, 15) is 9.59 Å². The SMILES string of the molecule is Cn1cc(C(=O)N2CC[C@H](c3ccc4c(NC5CCOCC5)n[nH]c4n3)C2)ccc1=O. The first-order chi connectivity index (χ1) is 15.1. The van der Waals surface area contributed by atoms with Gasteiger partial charge in [-0.3, -0.25) is 14.7 Å². The predicted octanol–water partition coefficient (Wildman–Crippen LogP) is 1.88. The van der Waals surface area contributed by atoms with Crippen molar-refractivity contribution in [1.29, 1.82) is 0 Å². The highest BCUT2D eigenvalue weighted by Gasteiger charge is 2.29. The molecule has 0 spiro atoms. The van der Waals surface area contributed by atoms with E-state index in [0.29, 0.717) is 24.7 Å². The molecule has 0 unspecified atom stereocenters. The van der Waals surface area contributed by atoms with Crippen LogP contribution in [0.2, 0.25) is 0 Å². The van der Waals surface area contributed by atoms with E-state index in [1.807, 2.05) is 11.0 Å². The van der Waals surface area contributed by atoms with E-state index in [1.54, 1.807) is 19.3 Å². The molecule has 1 atom stereocenters. The van der Waals surface area contributed by atoms with Crippen molar-refractivity contribution in [3.8, 4) is 0 Å². The predicted molar refractivity (Wildman–Crippen MR) is 116 cm³/mol. The van der Waals surface area contributed by atoms with E-state index in [0.717, 1.165) is 55.0 Å². The fourth-order valence-corrected chi connectivity index (χ4v) is 4.38. The van der Waals surface area contributed by atoms with Gasteiger partial charge in [0.1, 0.15) is 0 Å². The molecule has 5 heterocycles. The van der Waals surface area contributed by atoms with Crippen LogP contribution in [0.5, 0.6) is 0 Å². The van der Waals surface area contributed by atoms with Crippen molar-refractivity contribution in [2.75, 3.05) is 31.6 Å². The lowest BCUT2D eigenvalue weighted by molar-refractivity contribution is 0.0789. The minimum atomic E-state index is -0.126. The van der Waals surface area contributed by atoms with Crippen molar-refractivity contribution in [2.45, 2.75) is 31.2 Å². The minimum Gasteiger partial charge on any atom is -0.381 e. The van der Waals surface area contributed by atoms with E-state index >= 15 is 0 Å². The molecule has 0 radical (unpaired) electrons. The first-order valence-corrected chi connectivity index (χ1v) is 10.7. The van der Waals surface area contributed by atoms with Crippen LogP contribution in [-0.4, -0.2) is 62.9 Å². The molecule has 9 heteroatoms. The van der Waals surface area contributed by atoms with Crippen molar-refractivity contribution in [2.24, 2.45) is 7.05 Å². The molecule has 9 nitrogen and oxygen atoms in total. The van der Waals surface area contributed by atoms with Crippen LogP contribution in [0.3, 0.4) is 0 Å². The number of nitrogens with one attached hydrogen (secondary N) is 2. The van der Waals surface area contributed by atoms with Crippen molar-refractivity contribution >= 4 is 22.8 Å². The summed E-state index contributed by atoms with van der Waals surface area (Å²) in [5.41, 5.74) is 2.13. The Morgan fingerprint density at radius 3 is 2.84 bits per heavy atom. The van der Waals surface area contributed by atoms with Gasteiger partial charge in [-0.15, -0.1) is 0 Å². The second-order valence-corrected chi connectivity index (χ2v) is 8.34. The largest absolute Gasteiger partial charge is 0.381 e. The highest BCUT2D eigenvalue weighted by molar-refractivity contribution is 5.94. The number of fused-ring (bicyclic) bond motifs is 1. The van der Waals surface area contributed by atoms with Gasteiger partial charge in [0.15, 0.2) is 11.5 Å². The summed E-state index contributed by atoms with van der Waals surface area (Å²) in [6.45, 7) is 2.84. The summed E-state index contributed by atoms with van der Waals surface area (Å²) in [5, 5.41) is 11.9. The average molecular weight is 422 g/mol. The molecule has 0 aromatic carbocycles. The van der Waals surface area contributed by atoms with Crippen LogP contribution in [-0.2, 0) is 11.8 Å². The molecule has 2 aliphatic rings. The van der Waals surface area contributed by atoms with Gasteiger partial charge in [-0.25, -0.2) is 4.98 Å². The van der Waals surface area contributed by atoms with Gasteiger partial charge in [-0.05, 0) is 37.5 Å². The second kappa shape index (κ2) is 8.14. The Labute approximate surface area is 179 Å². The molecule has 1 amide bonds. The van der Waals surface area contributed by atoms with Gasteiger partial charge in [0.2, 0.25) is 5.56 Å². The number of carbonyl (C=O) groups excluding carboxylic acids is 1. The molecule has 3 aromatic rings. The number of aromatic amines is 1. The van der Waals surface area contributed by atoms with Gasteiger partial charge >= 0.3 is 0 Å². The molecule has 2 saturated heterocycles. The lowest BCUT2D eigenvalue weighted by Crippen LogP contribution is -2.30. The van der Waals surface area contributed by atoms with E-state index in [-0.39, 0.29) is 17.4 Å². The summed E-state index contributed by atoms with van der Waals surface area (Å²) < 4.78 is 6.85. The summed E-state index contributed by atoms with van der Waals surface area (Å²) in [4.78, 5) is 31.1. The van der Waals surface area contributed by atoms with Crippen LogP contribution in [0.25, 0.3) is 11.0 Å². The Kier molecular flexibility index (Phi) is 5.19. The Morgan fingerprint density at radius 1 is 1.19 bits per heavy atom. The maximum Gasteiger partial charge on any atom is 0.255 e. The number of aryl methyl sites for hydroxylation is 1. The zero-order valence-electron chi connectivity index (χ0n) is 17.5. The summed E-state index contributed by atoms with van der Waals surface area (Å²) in [5.74, 6) is 0.957. The molecule has 3 aromatic heterocycles. The van der Waals surface area contributed by atoms with Crippen LogP contribution < -0.4 is 10.9 Å². The topological polar surface area (TPSA) is 105 Å². The summed E-state index contributed by atoms with van der Waals surface area (Å²) in [7, 11) is 1.65. The molecule has 31 heavy (non-hydrogen) atoms.